The molecule has 0 unspecified atom stereocenters. The minimum atomic E-state index is -0.457. The van der Waals surface area contributed by atoms with Gasteiger partial charge in [-0.25, -0.2) is 4.98 Å². The number of aryl methyl sites for hydroxylation is 1. The lowest BCUT2D eigenvalue weighted by atomic mass is 10.3. The Labute approximate surface area is 106 Å². The van der Waals surface area contributed by atoms with Crippen molar-refractivity contribution in [3.05, 3.63) is 56.5 Å². The van der Waals surface area contributed by atoms with Gasteiger partial charge in [0.05, 0.1) is 4.92 Å². The first-order valence-electron chi connectivity index (χ1n) is 5.05. The fourth-order valence-electron chi connectivity index (χ4n) is 1.35. The van der Waals surface area contributed by atoms with Crippen LogP contribution in [0.15, 0.2) is 45.2 Å². The molecule has 1 heterocycles. The van der Waals surface area contributed by atoms with Crippen molar-refractivity contribution in [1.29, 1.82) is 0 Å². The van der Waals surface area contributed by atoms with Crippen LogP contribution < -0.4 is 5.56 Å². The molecule has 2 aromatic rings. The van der Waals surface area contributed by atoms with E-state index in [1.807, 2.05) is 0 Å². The minimum Gasteiger partial charge on any atom is -0.301 e. The summed E-state index contributed by atoms with van der Waals surface area (Å²) >= 11 is 1.25. The summed E-state index contributed by atoms with van der Waals surface area (Å²) in [7, 11) is 0. The third-order valence-electron chi connectivity index (χ3n) is 2.11. The molecule has 1 aromatic carbocycles. The maximum Gasteiger partial charge on any atom is 0.269 e. The SMILES string of the molecule is Cc1cc(=O)[nH]c(Sc2ccc([N+](=O)[O-])cc2)n1. The number of nitro benzene ring substituents is 1. The lowest BCUT2D eigenvalue weighted by molar-refractivity contribution is -0.384. The van der Waals surface area contributed by atoms with Gasteiger partial charge in [0, 0.05) is 28.8 Å². The van der Waals surface area contributed by atoms with E-state index in [0.717, 1.165) is 4.90 Å². The van der Waals surface area contributed by atoms with Gasteiger partial charge in [-0.15, -0.1) is 0 Å². The summed E-state index contributed by atoms with van der Waals surface area (Å²) in [5.41, 5.74) is 0.445. The van der Waals surface area contributed by atoms with E-state index in [1.165, 1.54) is 30.0 Å². The van der Waals surface area contributed by atoms with Gasteiger partial charge in [-0.2, -0.15) is 0 Å². The van der Waals surface area contributed by atoms with Crippen molar-refractivity contribution in [2.24, 2.45) is 0 Å². The van der Waals surface area contributed by atoms with Crippen molar-refractivity contribution in [1.82, 2.24) is 9.97 Å². The third-order valence-corrected chi connectivity index (χ3v) is 3.00. The van der Waals surface area contributed by atoms with Gasteiger partial charge in [-0.1, -0.05) is 11.8 Å². The quantitative estimate of drug-likeness (QED) is 0.520. The molecule has 92 valence electrons. The summed E-state index contributed by atoms with van der Waals surface area (Å²) < 4.78 is 0. The maximum atomic E-state index is 11.2. The first-order chi connectivity index (χ1) is 8.54. The van der Waals surface area contributed by atoms with E-state index in [9.17, 15) is 14.9 Å². The summed E-state index contributed by atoms with van der Waals surface area (Å²) in [6.07, 6.45) is 0. The normalized spacial score (nSPS) is 10.3. The van der Waals surface area contributed by atoms with Gasteiger partial charge in [0.1, 0.15) is 0 Å². The molecule has 0 saturated carbocycles. The summed E-state index contributed by atoms with van der Waals surface area (Å²) in [5, 5.41) is 11.0. The molecule has 0 saturated heterocycles. The molecule has 2 rings (SSSR count). The smallest absolute Gasteiger partial charge is 0.269 e. The molecule has 0 aliphatic carbocycles. The fourth-order valence-corrected chi connectivity index (χ4v) is 2.18. The number of aromatic amines is 1. The number of nitro groups is 1. The van der Waals surface area contributed by atoms with Crippen LogP contribution in [0.2, 0.25) is 0 Å². The standard InChI is InChI=1S/C11H9N3O3S/c1-7-6-10(15)13-11(12-7)18-9-4-2-8(3-5-9)14(16)17/h2-6H,1H3,(H,12,13,15). The van der Waals surface area contributed by atoms with Crippen LogP contribution in [0.25, 0.3) is 0 Å². The summed E-state index contributed by atoms with van der Waals surface area (Å²) in [4.78, 5) is 28.8. The van der Waals surface area contributed by atoms with E-state index >= 15 is 0 Å². The highest BCUT2D eigenvalue weighted by molar-refractivity contribution is 7.99. The summed E-state index contributed by atoms with van der Waals surface area (Å²) in [6, 6.07) is 7.46. The molecule has 1 N–H and O–H groups in total. The molecule has 0 fully saturated rings. The van der Waals surface area contributed by atoms with Crippen molar-refractivity contribution in [2.75, 3.05) is 0 Å². The highest BCUT2D eigenvalue weighted by Gasteiger charge is 2.06. The first-order valence-corrected chi connectivity index (χ1v) is 5.86. The van der Waals surface area contributed by atoms with Crippen LogP contribution in [0.5, 0.6) is 0 Å². The van der Waals surface area contributed by atoms with Gasteiger partial charge in [0.25, 0.3) is 11.2 Å². The average molecular weight is 263 g/mol. The molecule has 0 aliphatic rings. The van der Waals surface area contributed by atoms with E-state index in [2.05, 4.69) is 9.97 Å². The van der Waals surface area contributed by atoms with Crippen LogP contribution in [0.3, 0.4) is 0 Å². The molecule has 18 heavy (non-hydrogen) atoms. The largest absolute Gasteiger partial charge is 0.301 e. The molecular formula is C11H9N3O3S. The van der Waals surface area contributed by atoms with Gasteiger partial charge in [-0.3, -0.25) is 14.9 Å². The topological polar surface area (TPSA) is 88.9 Å². The number of nitrogens with zero attached hydrogens (tertiary/aromatic N) is 2. The van der Waals surface area contributed by atoms with Crippen LogP contribution in [0.1, 0.15) is 5.69 Å². The predicted octanol–water partition coefficient (Wildman–Crippen LogP) is 2.14. The van der Waals surface area contributed by atoms with Crippen LogP contribution in [0, 0.1) is 17.0 Å². The van der Waals surface area contributed by atoms with E-state index in [0.29, 0.717) is 10.9 Å². The Morgan fingerprint density at radius 1 is 1.33 bits per heavy atom. The lowest BCUT2D eigenvalue weighted by Gasteiger charge is -2.01. The Bertz CT molecular complexity index is 637. The molecule has 0 spiro atoms. The second-order valence-electron chi connectivity index (χ2n) is 3.54. The first kappa shape index (κ1) is 12.3. The Morgan fingerprint density at radius 2 is 2.00 bits per heavy atom. The zero-order valence-electron chi connectivity index (χ0n) is 9.41. The molecule has 7 heteroatoms. The van der Waals surface area contributed by atoms with Crippen molar-refractivity contribution in [2.45, 2.75) is 17.0 Å². The summed E-state index contributed by atoms with van der Waals surface area (Å²) in [6.45, 7) is 1.73. The van der Waals surface area contributed by atoms with Gasteiger partial charge in [-0.05, 0) is 19.1 Å². The highest BCUT2D eigenvalue weighted by atomic mass is 32.2. The van der Waals surface area contributed by atoms with Crippen molar-refractivity contribution >= 4 is 17.4 Å². The molecule has 0 atom stereocenters. The van der Waals surface area contributed by atoms with E-state index in [-0.39, 0.29) is 11.2 Å². The minimum absolute atomic E-state index is 0.0324. The van der Waals surface area contributed by atoms with E-state index in [4.69, 9.17) is 0 Å². The van der Waals surface area contributed by atoms with E-state index in [1.54, 1.807) is 19.1 Å². The monoisotopic (exact) mass is 263 g/mol. The number of rotatable bonds is 3. The van der Waals surface area contributed by atoms with Crippen LogP contribution in [-0.2, 0) is 0 Å². The van der Waals surface area contributed by atoms with Gasteiger partial charge < -0.3 is 4.98 Å². The number of nitrogens with one attached hydrogen (secondary N) is 1. The average Bonchev–Trinajstić information content (AvgIpc) is 2.28. The zero-order valence-corrected chi connectivity index (χ0v) is 10.2. The van der Waals surface area contributed by atoms with Gasteiger partial charge in [0.2, 0.25) is 0 Å². The Balaban J connectivity index is 2.23. The molecule has 6 nitrogen and oxygen atoms in total. The number of hydrogen-bond donors (Lipinski definition) is 1. The molecular weight excluding hydrogens is 254 g/mol. The Morgan fingerprint density at radius 3 is 2.56 bits per heavy atom. The van der Waals surface area contributed by atoms with E-state index < -0.39 is 4.92 Å². The fraction of sp³-hybridized carbons (Fsp3) is 0.0909. The molecule has 0 radical (unpaired) electrons. The van der Waals surface area contributed by atoms with Gasteiger partial charge in [0.15, 0.2) is 5.16 Å². The Kier molecular flexibility index (Phi) is 3.42. The second-order valence-corrected chi connectivity index (χ2v) is 4.61. The van der Waals surface area contributed by atoms with Crippen molar-refractivity contribution in [3.8, 4) is 0 Å². The molecule has 0 aliphatic heterocycles. The predicted molar refractivity (Wildman–Crippen MR) is 66.8 cm³/mol. The highest BCUT2D eigenvalue weighted by Crippen LogP contribution is 2.25. The van der Waals surface area contributed by atoms with Crippen LogP contribution >= 0.6 is 11.8 Å². The zero-order chi connectivity index (χ0) is 13.1. The number of H-pyrrole nitrogens is 1. The summed E-state index contributed by atoms with van der Waals surface area (Å²) in [5.74, 6) is 0. The lowest BCUT2D eigenvalue weighted by Crippen LogP contribution is -2.07. The number of hydrogen-bond acceptors (Lipinski definition) is 5. The molecule has 0 bridgehead atoms. The molecule has 1 aromatic heterocycles. The third kappa shape index (κ3) is 2.95. The van der Waals surface area contributed by atoms with Gasteiger partial charge >= 0.3 is 0 Å². The number of aromatic nitrogens is 2. The molecule has 0 amide bonds. The van der Waals surface area contributed by atoms with Crippen molar-refractivity contribution < 1.29 is 4.92 Å². The van der Waals surface area contributed by atoms with Crippen LogP contribution in [-0.4, -0.2) is 14.9 Å². The van der Waals surface area contributed by atoms with Crippen molar-refractivity contribution in [3.63, 3.8) is 0 Å². The second kappa shape index (κ2) is 5.01. The maximum absolute atomic E-state index is 11.2. The number of benzene rings is 1. The Hall–Kier alpha value is -2.15. The number of non-ortho nitro benzene ring substituents is 1. The van der Waals surface area contributed by atoms with Crippen LogP contribution in [0.4, 0.5) is 5.69 Å².